The normalized spacial score (nSPS) is 10.6. The van der Waals surface area contributed by atoms with Gasteiger partial charge in [-0.2, -0.15) is 0 Å². The Morgan fingerprint density at radius 2 is 2.07 bits per heavy atom. The lowest BCUT2D eigenvalue weighted by molar-refractivity contribution is 0.572. The highest BCUT2D eigenvalue weighted by atomic mass is 16.3. The number of benzene rings is 1. The minimum Gasteiger partial charge on any atom is -0.444 e. The summed E-state index contributed by atoms with van der Waals surface area (Å²) >= 11 is 0. The predicted molar refractivity (Wildman–Crippen MR) is 59.3 cm³/mol. The van der Waals surface area contributed by atoms with Gasteiger partial charge in [-0.05, 0) is 37.1 Å². The van der Waals surface area contributed by atoms with Gasteiger partial charge in [-0.3, -0.25) is 0 Å². The summed E-state index contributed by atoms with van der Waals surface area (Å²) in [6.45, 7) is 4.57. The second-order valence-corrected chi connectivity index (χ2v) is 3.65. The van der Waals surface area contributed by atoms with E-state index in [9.17, 15) is 0 Å². The molecule has 15 heavy (non-hydrogen) atoms. The quantitative estimate of drug-likeness (QED) is 0.813. The number of nitrogens with two attached hydrogens (primary N) is 1. The number of aromatic nitrogens is 1. The van der Waals surface area contributed by atoms with E-state index < -0.39 is 0 Å². The van der Waals surface area contributed by atoms with Crippen LogP contribution in [0.2, 0.25) is 0 Å². The largest absolute Gasteiger partial charge is 0.444 e. The Hall–Kier alpha value is -1.61. The summed E-state index contributed by atoms with van der Waals surface area (Å²) in [5.74, 6) is 0.638. The zero-order valence-electron chi connectivity index (χ0n) is 8.95. The van der Waals surface area contributed by atoms with Crippen LogP contribution >= 0.6 is 0 Å². The van der Waals surface area contributed by atoms with Crippen LogP contribution in [0.15, 0.2) is 28.9 Å². The number of hydrogen-bond acceptors (Lipinski definition) is 3. The van der Waals surface area contributed by atoms with Crippen LogP contribution in [0.5, 0.6) is 0 Å². The zero-order chi connectivity index (χ0) is 10.8. The van der Waals surface area contributed by atoms with Crippen LogP contribution in [0, 0.1) is 13.8 Å². The highest BCUT2D eigenvalue weighted by Crippen LogP contribution is 2.21. The molecule has 0 spiro atoms. The number of oxazole rings is 1. The van der Waals surface area contributed by atoms with Crippen LogP contribution in [0.4, 0.5) is 0 Å². The lowest BCUT2D eigenvalue weighted by Crippen LogP contribution is -1.95. The van der Waals surface area contributed by atoms with Crippen LogP contribution in [0.25, 0.3) is 11.5 Å². The molecule has 3 nitrogen and oxygen atoms in total. The highest BCUT2D eigenvalue weighted by Gasteiger charge is 2.06. The van der Waals surface area contributed by atoms with Gasteiger partial charge in [0.05, 0.1) is 5.69 Å². The minimum absolute atomic E-state index is 0.411. The molecule has 0 unspecified atom stereocenters. The molecule has 0 aliphatic rings. The van der Waals surface area contributed by atoms with Crippen molar-refractivity contribution in [1.82, 2.24) is 4.98 Å². The number of hydrogen-bond donors (Lipinski definition) is 1. The molecule has 0 aliphatic carbocycles. The lowest BCUT2D eigenvalue weighted by atomic mass is 10.1. The molecule has 2 rings (SSSR count). The summed E-state index contributed by atoms with van der Waals surface area (Å²) < 4.78 is 5.35. The first-order valence-electron chi connectivity index (χ1n) is 4.93. The van der Waals surface area contributed by atoms with Crippen molar-refractivity contribution in [3.05, 3.63) is 41.3 Å². The highest BCUT2D eigenvalue weighted by molar-refractivity contribution is 5.55. The van der Waals surface area contributed by atoms with E-state index in [4.69, 9.17) is 10.2 Å². The standard InChI is InChI=1S/C12H14N2O/c1-8-3-4-10(5-9(8)2)12-14-11(6-13)7-15-12/h3-5,7H,6,13H2,1-2H3. The maximum absolute atomic E-state index is 5.47. The maximum atomic E-state index is 5.47. The predicted octanol–water partition coefficient (Wildman–Crippen LogP) is 2.42. The molecule has 0 bridgehead atoms. The van der Waals surface area contributed by atoms with Crippen molar-refractivity contribution in [3.8, 4) is 11.5 Å². The first kappa shape index (κ1) is 9.93. The van der Waals surface area contributed by atoms with Gasteiger partial charge < -0.3 is 10.2 Å². The van der Waals surface area contributed by atoms with Crippen molar-refractivity contribution in [3.63, 3.8) is 0 Å². The van der Waals surface area contributed by atoms with Crippen molar-refractivity contribution < 1.29 is 4.42 Å². The average molecular weight is 202 g/mol. The van der Waals surface area contributed by atoms with E-state index in [2.05, 4.69) is 31.0 Å². The first-order valence-corrected chi connectivity index (χ1v) is 4.93. The second kappa shape index (κ2) is 3.87. The smallest absolute Gasteiger partial charge is 0.226 e. The fraction of sp³-hybridized carbons (Fsp3) is 0.250. The van der Waals surface area contributed by atoms with Crippen molar-refractivity contribution in [2.75, 3.05) is 0 Å². The molecule has 0 fully saturated rings. The van der Waals surface area contributed by atoms with Crippen LogP contribution in [-0.2, 0) is 6.54 Å². The van der Waals surface area contributed by atoms with Gasteiger partial charge in [-0.15, -0.1) is 0 Å². The Balaban J connectivity index is 2.40. The van der Waals surface area contributed by atoms with E-state index in [0.717, 1.165) is 11.3 Å². The van der Waals surface area contributed by atoms with Crippen LogP contribution in [0.1, 0.15) is 16.8 Å². The molecule has 2 N–H and O–H groups in total. The van der Waals surface area contributed by atoms with Crippen molar-refractivity contribution >= 4 is 0 Å². The second-order valence-electron chi connectivity index (χ2n) is 3.65. The Labute approximate surface area is 88.9 Å². The van der Waals surface area contributed by atoms with Crippen LogP contribution in [-0.4, -0.2) is 4.98 Å². The third-order valence-electron chi connectivity index (χ3n) is 2.51. The molecule has 0 saturated carbocycles. The molecular formula is C12H14N2O. The number of rotatable bonds is 2. The molecular weight excluding hydrogens is 188 g/mol. The van der Waals surface area contributed by atoms with Gasteiger partial charge >= 0.3 is 0 Å². The van der Waals surface area contributed by atoms with E-state index >= 15 is 0 Å². The van der Waals surface area contributed by atoms with Gasteiger partial charge in [0.25, 0.3) is 0 Å². The fourth-order valence-electron chi connectivity index (χ4n) is 1.41. The molecule has 0 radical (unpaired) electrons. The maximum Gasteiger partial charge on any atom is 0.226 e. The average Bonchev–Trinajstić information content (AvgIpc) is 2.70. The number of aryl methyl sites for hydroxylation is 2. The zero-order valence-corrected chi connectivity index (χ0v) is 8.95. The molecule has 2 aromatic rings. The summed E-state index contributed by atoms with van der Waals surface area (Å²) in [5, 5.41) is 0. The monoisotopic (exact) mass is 202 g/mol. The lowest BCUT2D eigenvalue weighted by Gasteiger charge is -2.01. The van der Waals surface area contributed by atoms with E-state index in [0.29, 0.717) is 12.4 Å². The Kier molecular flexibility index (Phi) is 2.56. The molecule has 1 aromatic heterocycles. The molecule has 1 aromatic carbocycles. The Bertz CT molecular complexity index is 474. The van der Waals surface area contributed by atoms with Gasteiger partial charge in [0.2, 0.25) is 5.89 Å². The molecule has 0 amide bonds. The Morgan fingerprint density at radius 3 is 2.67 bits per heavy atom. The van der Waals surface area contributed by atoms with Crippen molar-refractivity contribution in [1.29, 1.82) is 0 Å². The SMILES string of the molecule is Cc1ccc(-c2nc(CN)co2)cc1C. The minimum atomic E-state index is 0.411. The summed E-state index contributed by atoms with van der Waals surface area (Å²) in [4.78, 5) is 4.28. The van der Waals surface area contributed by atoms with E-state index in [1.165, 1.54) is 11.1 Å². The molecule has 0 aliphatic heterocycles. The molecule has 0 atom stereocenters. The van der Waals surface area contributed by atoms with E-state index in [1.54, 1.807) is 6.26 Å². The third-order valence-corrected chi connectivity index (χ3v) is 2.51. The van der Waals surface area contributed by atoms with Gasteiger partial charge in [0.15, 0.2) is 0 Å². The molecule has 78 valence electrons. The van der Waals surface area contributed by atoms with E-state index in [1.807, 2.05) is 6.07 Å². The number of nitrogens with zero attached hydrogens (tertiary/aromatic N) is 1. The molecule has 3 heteroatoms. The topological polar surface area (TPSA) is 52.0 Å². The summed E-state index contributed by atoms with van der Waals surface area (Å²) in [5.41, 5.74) is 9.76. The molecule has 1 heterocycles. The van der Waals surface area contributed by atoms with E-state index in [-0.39, 0.29) is 0 Å². The summed E-state index contributed by atoms with van der Waals surface area (Å²) in [6, 6.07) is 6.15. The Morgan fingerprint density at radius 1 is 1.27 bits per heavy atom. The van der Waals surface area contributed by atoms with Gasteiger partial charge in [-0.25, -0.2) is 4.98 Å². The summed E-state index contributed by atoms with van der Waals surface area (Å²) in [7, 11) is 0. The van der Waals surface area contributed by atoms with Gasteiger partial charge in [0.1, 0.15) is 6.26 Å². The van der Waals surface area contributed by atoms with Crippen LogP contribution in [0.3, 0.4) is 0 Å². The molecule has 0 saturated heterocycles. The third kappa shape index (κ3) is 1.92. The van der Waals surface area contributed by atoms with Gasteiger partial charge in [0, 0.05) is 12.1 Å². The van der Waals surface area contributed by atoms with Crippen LogP contribution < -0.4 is 5.73 Å². The fourth-order valence-corrected chi connectivity index (χ4v) is 1.41. The van der Waals surface area contributed by atoms with Gasteiger partial charge in [-0.1, -0.05) is 6.07 Å². The first-order chi connectivity index (χ1) is 7.20. The van der Waals surface area contributed by atoms with Crippen molar-refractivity contribution in [2.24, 2.45) is 5.73 Å². The van der Waals surface area contributed by atoms with Crippen molar-refractivity contribution in [2.45, 2.75) is 20.4 Å². The summed E-state index contributed by atoms with van der Waals surface area (Å²) in [6.07, 6.45) is 1.60.